The molecule has 0 radical (unpaired) electrons. The molecule has 1 aromatic carbocycles. The Morgan fingerprint density at radius 1 is 1.03 bits per heavy atom. The van der Waals surface area contributed by atoms with E-state index in [2.05, 4.69) is 46.0 Å². The summed E-state index contributed by atoms with van der Waals surface area (Å²) in [6.45, 7) is 10.6. The summed E-state index contributed by atoms with van der Waals surface area (Å²) in [7, 11) is 0. The van der Waals surface area contributed by atoms with Crippen molar-refractivity contribution in [3.05, 3.63) is 53.2 Å². The van der Waals surface area contributed by atoms with Crippen LogP contribution < -0.4 is 0 Å². The SMILES string of the molecule is Cc1ccc(CN(CCN2CCOCC2)Cc2nc(C(=O)N3CCCCC3)co2)cc1. The van der Waals surface area contributed by atoms with Gasteiger partial charge in [0.2, 0.25) is 5.89 Å². The first kappa shape index (κ1) is 22.0. The molecule has 0 atom stereocenters. The van der Waals surface area contributed by atoms with Crippen molar-refractivity contribution >= 4 is 5.91 Å². The van der Waals surface area contributed by atoms with Crippen LogP contribution >= 0.6 is 0 Å². The summed E-state index contributed by atoms with van der Waals surface area (Å²) in [5.41, 5.74) is 2.96. The highest BCUT2D eigenvalue weighted by atomic mass is 16.5. The number of oxazole rings is 1. The van der Waals surface area contributed by atoms with Crippen LogP contribution in [0.25, 0.3) is 0 Å². The Morgan fingerprint density at radius 3 is 2.52 bits per heavy atom. The van der Waals surface area contributed by atoms with E-state index in [0.717, 1.165) is 71.9 Å². The van der Waals surface area contributed by atoms with Crippen molar-refractivity contribution in [1.29, 1.82) is 0 Å². The number of likely N-dealkylation sites (tertiary alicyclic amines) is 1. The minimum Gasteiger partial charge on any atom is -0.447 e. The second kappa shape index (κ2) is 10.9. The molecule has 0 aliphatic carbocycles. The van der Waals surface area contributed by atoms with E-state index in [9.17, 15) is 4.79 Å². The Bertz CT molecular complexity index is 824. The number of carbonyl (C=O) groups excluding carboxylic acids is 1. The Balaban J connectivity index is 1.39. The van der Waals surface area contributed by atoms with E-state index < -0.39 is 0 Å². The number of hydrogen-bond donors (Lipinski definition) is 0. The van der Waals surface area contributed by atoms with Gasteiger partial charge < -0.3 is 14.1 Å². The molecule has 2 aliphatic rings. The van der Waals surface area contributed by atoms with Crippen molar-refractivity contribution < 1.29 is 13.9 Å². The monoisotopic (exact) mass is 426 g/mol. The number of hydrogen-bond acceptors (Lipinski definition) is 6. The maximum Gasteiger partial charge on any atom is 0.275 e. The summed E-state index contributed by atoms with van der Waals surface area (Å²) < 4.78 is 11.2. The average Bonchev–Trinajstić information content (AvgIpc) is 3.28. The second-order valence-electron chi connectivity index (χ2n) is 8.63. The molecule has 0 saturated carbocycles. The number of nitrogens with zero attached hydrogens (tertiary/aromatic N) is 4. The third-order valence-corrected chi connectivity index (χ3v) is 6.14. The minimum absolute atomic E-state index is 0.00639. The third kappa shape index (κ3) is 6.38. The van der Waals surface area contributed by atoms with E-state index in [-0.39, 0.29) is 5.91 Å². The molecule has 3 heterocycles. The number of piperidine rings is 1. The normalized spacial score (nSPS) is 17.9. The first-order valence-electron chi connectivity index (χ1n) is 11.5. The fourth-order valence-corrected chi connectivity index (χ4v) is 4.21. The highest BCUT2D eigenvalue weighted by Crippen LogP contribution is 2.15. The largest absolute Gasteiger partial charge is 0.447 e. The van der Waals surface area contributed by atoms with Gasteiger partial charge in [-0.15, -0.1) is 0 Å². The molecule has 1 amide bonds. The van der Waals surface area contributed by atoms with Crippen LogP contribution in [0.3, 0.4) is 0 Å². The summed E-state index contributed by atoms with van der Waals surface area (Å²) in [6, 6.07) is 8.65. The van der Waals surface area contributed by atoms with Gasteiger partial charge in [0, 0.05) is 45.8 Å². The van der Waals surface area contributed by atoms with Crippen molar-refractivity contribution in [2.24, 2.45) is 0 Å². The zero-order valence-corrected chi connectivity index (χ0v) is 18.6. The third-order valence-electron chi connectivity index (χ3n) is 6.14. The van der Waals surface area contributed by atoms with Crippen LogP contribution in [0.1, 0.15) is 46.8 Å². The quantitative estimate of drug-likeness (QED) is 0.647. The van der Waals surface area contributed by atoms with Crippen molar-refractivity contribution in [1.82, 2.24) is 19.7 Å². The Morgan fingerprint density at radius 2 is 1.77 bits per heavy atom. The fraction of sp³-hybridized carbons (Fsp3) is 0.583. The van der Waals surface area contributed by atoms with E-state index in [1.807, 2.05) is 4.90 Å². The predicted molar refractivity (Wildman–Crippen MR) is 119 cm³/mol. The molecule has 2 aliphatic heterocycles. The Kier molecular flexibility index (Phi) is 7.72. The van der Waals surface area contributed by atoms with Crippen molar-refractivity contribution in [2.45, 2.75) is 39.3 Å². The van der Waals surface area contributed by atoms with E-state index in [0.29, 0.717) is 18.1 Å². The zero-order chi connectivity index (χ0) is 21.5. The van der Waals surface area contributed by atoms with Crippen LogP contribution in [0, 0.1) is 6.92 Å². The van der Waals surface area contributed by atoms with Crippen LogP contribution in [0.2, 0.25) is 0 Å². The van der Waals surface area contributed by atoms with Gasteiger partial charge in [-0.25, -0.2) is 4.98 Å². The van der Waals surface area contributed by atoms with Gasteiger partial charge in [-0.05, 0) is 31.7 Å². The van der Waals surface area contributed by atoms with Gasteiger partial charge >= 0.3 is 0 Å². The highest BCUT2D eigenvalue weighted by molar-refractivity contribution is 5.92. The molecule has 2 aromatic rings. The maximum atomic E-state index is 12.7. The fourth-order valence-electron chi connectivity index (χ4n) is 4.21. The van der Waals surface area contributed by atoms with Crippen LogP contribution in [-0.2, 0) is 17.8 Å². The number of amides is 1. The van der Waals surface area contributed by atoms with Crippen LogP contribution in [0.15, 0.2) is 34.9 Å². The Hall–Kier alpha value is -2.22. The Labute approximate surface area is 185 Å². The number of carbonyl (C=O) groups is 1. The van der Waals surface area contributed by atoms with Gasteiger partial charge in [0.1, 0.15) is 6.26 Å². The van der Waals surface area contributed by atoms with E-state index in [1.165, 1.54) is 23.8 Å². The lowest BCUT2D eigenvalue weighted by molar-refractivity contribution is 0.0320. The summed E-state index contributed by atoms with van der Waals surface area (Å²) >= 11 is 0. The molecule has 31 heavy (non-hydrogen) atoms. The molecule has 7 heteroatoms. The zero-order valence-electron chi connectivity index (χ0n) is 18.6. The topological polar surface area (TPSA) is 62.1 Å². The van der Waals surface area contributed by atoms with Crippen LogP contribution in [-0.4, -0.2) is 78.1 Å². The molecule has 0 spiro atoms. The van der Waals surface area contributed by atoms with Crippen LogP contribution in [0.4, 0.5) is 0 Å². The molecule has 4 rings (SSSR count). The van der Waals surface area contributed by atoms with Gasteiger partial charge in [0.15, 0.2) is 5.69 Å². The molecule has 168 valence electrons. The summed E-state index contributed by atoms with van der Waals surface area (Å²) in [5.74, 6) is 0.600. The first-order chi connectivity index (χ1) is 15.2. The average molecular weight is 427 g/mol. The van der Waals surface area contributed by atoms with Crippen molar-refractivity contribution in [2.75, 3.05) is 52.5 Å². The summed E-state index contributed by atoms with van der Waals surface area (Å²) in [4.78, 5) is 23.9. The standard InChI is InChI=1S/C24H34N4O3/c1-20-5-7-21(8-6-20)17-27(12-11-26-13-15-30-16-14-26)18-23-25-22(19-31-23)24(29)28-9-3-2-4-10-28/h5-8,19H,2-4,9-18H2,1H3. The molecule has 0 N–H and O–H groups in total. The number of rotatable bonds is 8. The van der Waals surface area contributed by atoms with Gasteiger partial charge in [-0.2, -0.15) is 0 Å². The first-order valence-corrected chi connectivity index (χ1v) is 11.5. The van der Waals surface area contributed by atoms with Crippen molar-refractivity contribution in [3.8, 4) is 0 Å². The number of morpholine rings is 1. The molecular formula is C24H34N4O3. The molecule has 2 fully saturated rings. The van der Waals surface area contributed by atoms with Crippen LogP contribution in [0.5, 0.6) is 0 Å². The lowest BCUT2D eigenvalue weighted by atomic mass is 10.1. The molecule has 2 saturated heterocycles. The van der Waals surface area contributed by atoms with E-state index in [1.54, 1.807) is 0 Å². The lowest BCUT2D eigenvalue weighted by Crippen LogP contribution is -2.41. The predicted octanol–water partition coefficient (Wildman–Crippen LogP) is 2.94. The molecule has 0 unspecified atom stereocenters. The smallest absolute Gasteiger partial charge is 0.275 e. The number of aryl methyl sites for hydroxylation is 1. The molecule has 1 aromatic heterocycles. The van der Waals surface area contributed by atoms with Gasteiger partial charge in [-0.3, -0.25) is 14.6 Å². The second-order valence-corrected chi connectivity index (χ2v) is 8.63. The van der Waals surface area contributed by atoms with Gasteiger partial charge in [0.05, 0.1) is 19.8 Å². The van der Waals surface area contributed by atoms with Gasteiger partial charge in [-0.1, -0.05) is 29.8 Å². The highest BCUT2D eigenvalue weighted by Gasteiger charge is 2.22. The minimum atomic E-state index is -0.00639. The van der Waals surface area contributed by atoms with E-state index in [4.69, 9.17) is 9.15 Å². The van der Waals surface area contributed by atoms with Crippen molar-refractivity contribution in [3.63, 3.8) is 0 Å². The van der Waals surface area contributed by atoms with Gasteiger partial charge in [0.25, 0.3) is 5.91 Å². The maximum absolute atomic E-state index is 12.7. The summed E-state index contributed by atoms with van der Waals surface area (Å²) in [5, 5.41) is 0. The number of aromatic nitrogens is 1. The molecule has 7 nitrogen and oxygen atoms in total. The molecular weight excluding hydrogens is 392 g/mol. The number of ether oxygens (including phenoxy) is 1. The number of benzene rings is 1. The lowest BCUT2D eigenvalue weighted by Gasteiger charge is -2.29. The summed E-state index contributed by atoms with van der Waals surface area (Å²) in [6.07, 6.45) is 4.87. The van der Waals surface area contributed by atoms with E-state index >= 15 is 0 Å². The molecule has 0 bridgehead atoms.